The van der Waals surface area contributed by atoms with Gasteiger partial charge in [-0.3, -0.25) is 9.59 Å². The quantitative estimate of drug-likeness (QED) is 0.765. The summed E-state index contributed by atoms with van der Waals surface area (Å²) < 4.78 is 0. The van der Waals surface area contributed by atoms with Gasteiger partial charge in [0.2, 0.25) is 11.8 Å². The van der Waals surface area contributed by atoms with Crippen molar-refractivity contribution >= 4 is 11.8 Å². The summed E-state index contributed by atoms with van der Waals surface area (Å²) in [5.41, 5.74) is 0. The van der Waals surface area contributed by atoms with Crippen LogP contribution in [0.25, 0.3) is 0 Å². The van der Waals surface area contributed by atoms with Crippen LogP contribution in [-0.2, 0) is 9.59 Å². The van der Waals surface area contributed by atoms with E-state index >= 15 is 0 Å². The summed E-state index contributed by atoms with van der Waals surface area (Å²) in [4.78, 5) is 27.9. The standard InChI is InChI=1S/C13H23N3O2/c1-9(10-4-5-10)12(17)16-7-6-14-8-11(16)13(18)15(2)3/h9-11,14H,4-8H2,1-3H3. The van der Waals surface area contributed by atoms with Gasteiger partial charge in [0.05, 0.1) is 0 Å². The predicted octanol–water partition coefficient (Wildman–Crippen LogP) is -0.0789. The summed E-state index contributed by atoms with van der Waals surface area (Å²) in [6.07, 6.45) is 2.32. The lowest BCUT2D eigenvalue weighted by Crippen LogP contribution is -2.60. The Morgan fingerprint density at radius 1 is 1.33 bits per heavy atom. The average Bonchev–Trinajstić information content (AvgIpc) is 3.20. The van der Waals surface area contributed by atoms with E-state index in [2.05, 4.69) is 5.32 Å². The molecule has 1 aliphatic heterocycles. The Morgan fingerprint density at radius 2 is 2.00 bits per heavy atom. The van der Waals surface area contributed by atoms with Crippen molar-refractivity contribution in [2.45, 2.75) is 25.8 Å². The molecule has 1 saturated heterocycles. The third-order valence-corrected chi connectivity index (χ3v) is 3.97. The van der Waals surface area contributed by atoms with Gasteiger partial charge < -0.3 is 15.1 Å². The van der Waals surface area contributed by atoms with Gasteiger partial charge in [0, 0.05) is 39.6 Å². The molecule has 1 heterocycles. The van der Waals surface area contributed by atoms with Gasteiger partial charge in [0.25, 0.3) is 0 Å². The number of nitrogens with zero attached hydrogens (tertiary/aromatic N) is 2. The van der Waals surface area contributed by atoms with Gasteiger partial charge in [-0.15, -0.1) is 0 Å². The molecule has 2 amide bonds. The first-order valence-corrected chi connectivity index (χ1v) is 6.74. The largest absolute Gasteiger partial charge is 0.347 e. The highest BCUT2D eigenvalue weighted by molar-refractivity contribution is 5.89. The predicted molar refractivity (Wildman–Crippen MR) is 69.0 cm³/mol. The van der Waals surface area contributed by atoms with Gasteiger partial charge in [0.15, 0.2) is 0 Å². The molecule has 18 heavy (non-hydrogen) atoms. The second-order valence-electron chi connectivity index (χ2n) is 5.61. The van der Waals surface area contributed by atoms with Crippen molar-refractivity contribution < 1.29 is 9.59 Å². The lowest BCUT2D eigenvalue weighted by molar-refractivity contribution is -0.148. The highest BCUT2D eigenvalue weighted by Gasteiger charge is 2.39. The van der Waals surface area contributed by atoms with Crippen LogP contribution < -0.4 is 5.32 Å². The summed E-state index contributed by atoms with van der Waals surface area (Å²) in [5, 5.41) is 3.20. The normalized spacial score (nSPS) is 25.7. The van der Waals surface area contributed by atoms with Crippen molar-refractivity contribution in [1.29, 1.82) is 0 Å². The molecule has 102 valence electrons. The number of likely N-dealkylation sites (N-methyl/N-ethyl adjacent to an activating group) is 1. The van der Waals surface area contributed by atoms with Crippen LogP contribution in [0.2, 0.25) is 0 Å². The molecule has 2 atom stereocenters. The Kier molecular flexibility index (Phi) is 3.90. The number of rotatable bonds is 3. The minimum Gasteiger partial charge on any atom is -0.347 e. The molecule has 0 aromatic rings. The van der Waals surface area contributed by atoms with E-state index in [0.29, 0.717) is 19.0 Å². The number of nitrogens with one attached hydrogen (secondary N) is 1. The lowest BCUT2D eigenvalue weighted by Gasteiger charge is -2.37. The Bertz CT molecular complexity index is 339. The Hall–Kier alpha value is -1.10. The zero-order valence-electron chi connectivity index (χ0n) is 11.5. The van der Waals surface area contributed by atoms with E-state index in [0.717, 1.165) is 19.4 Å². The van der Waals surface area contributed by atoms with Crippen LogP contribution in [0.4, 0.5) is 0 Å². The molecule has 1 N–H and O–H groups in total. The van der Waals surface area contributed by atoms with Gasteiger partial charge in [-0.2, -0.15) is 0 Å². The molecule has 2 fully saturated rings. The minimum absolute atomic E-state index is 0.0125. The molecule has 5 nitrogen and oxygen atoms in total. The monoisotopic (exact) mass is 253 g/mol. The Balaban J connectivity index is 2.07. The minimum atomic E-state index is -0.331. The number of hydrogen-bond acceptors (Lipinski definition) is 3. The molecule has 0 aromatic heterocycles. The van der Waals surface area contributed by atoms with Gasteiger partial charge in [-0.25, -0.2) is 0 Å². The number of amides is 2. The van der Waals surface area contributed by atoms with Crippen molar-refractivity contribution in [2.75, 3.05) is 33.7 Å². The van der Waals surface area contributed by atoms with Crippen molar-refractivity contribution in [3.05, 3.63) is 0 Å². The van der Waals surface area contributed by atoms with E-state index < -0.39 is 0 Å². The van der Waals surface area contributed by atoms with E-state index in [1.54, 1.807) is 23.9 Å². The van der Waals surface area contributed by atoms with Crippen molar-refractivity contribution in [3.63, 3.8) is 0 Å². The zero-order valence-corrected chi connectivity index (χ0v) is 11.5. The third-order valence-electron chi connectivity index (χ3n) is 3.97. The molecule has 2 aliphatic rings. The van der Waals surface area contributed by atoms with Crippen LogP contribution in [0.1, 0.15) is 19.8 Å². The molecule has 2 rings (SSSR count). The molecule has 0 radical (unpaired) electrons. The van der Waals surface area contributed by atoms with Gasteiger partial charge in [-0.05, 0) is 18.8 Å². The maximum atomic E-state index is 12.4. The van der Waals surface area contributed by atoms with Crippen molar-refractivity contribution in [1.82, 2.24) is 15.1 Å². The van der Waals surface area contributed by atoms with Crippen LogP contribution in [0, 0.1) is 11.8 Å². The fourth-order valence-electron chi connectivity index (χ4n) is 2.55. The maximum absolute atomic E-state index is 12.4. The number of piperazine rings is 1. The van der Waals surface area contributed by atoms with Gasteiger partial charge in [0.1, 0.15) is 6.04 Å². The highest BCUT2D eigenvalue weighted by Crippen LogP contribution is 2.37. The average molecular weight is 253 g/mol. The zero-order chi connectivity index (χ0) is 13.3. The summed E-state index contributed by atoms with van der Waals surface area (Å²) in [6, 6.07) is -0.331. The molecular formula is C13H23N3O2. The van der Waals surface area contributed by atoms with Crippen LogP contribution in [0.5, 0.6) is 0 Å². The van der Waals surface area contributed by atoms with Crippen LogP contribution in [0.15, 0.2) is 0 Å². The maximum Gasteiger partial charge on any atom is 0.246 e. The third kappa shape index (κ3) is 2.66. The van der Waals surface area contributed by atoms with E-state index in [1.165, 1.54) is 0 Å². The topological polar surface area (TPSA) is 52.7 Å². The molecule has 1 aliphatic carbocycles. The van der Waals surface area contributed by atoms with E-state index in [4.69, 9.17) is 0 Å². The molecule has 1 saturated carbocycles. The highest BCUT2D eigenvalue weighted by atomic mass is 16.2. The smallest absolute Gasteiger partial charge is 0.246 e. The summed E-state index contributed by atoms with van der Waals surface area (Å²) in [6.45, 7) is 3.99. The van der Waals surface area contributed by atoms with Crippen LogP contribution in [0.3, 0.4) is 0 Å². The summed E-state index contributed by atoms with van der Waals surface area (Å²) in [5.74, 6) is 0.779. The van der Waals surface area contributed by atoms with Gasteiger partial charge >= 0.3 is 0 Å². The first kappa shape index (κ1) is 13.3. The van der Waals surface area contributed by atoms with Crippen molar-refractivity contribution in [3.8, 4) is 0 Å². The summed E-state index contributed by atoms with van der Waals surface area (Å²) in [7, 11) is 3.48. The first-order valence-electron chi connectivity index (χ1n) is 6.74. The lowest BCUT2D eigenvalue weighted by atomic mass is 10.0. The van der Waals surface area contributed by atoms with E-state index in [1.807, 2.05) is 6.92 Å². The Morgan fingerprint density at radius 3 is 2.56 bits per heavy atom. The summed E-state index contributed by atoms with van der Waals surface area (Å²) >= 11 is 0. The van der Waals surface area contributed by atoms with Crippen LogP contribution >= 0.6 is 0 Å². The Labute approximate surface area is 108 Å². The van der Waals surface area contributed by atoms with Crippen molar-refractivity contribution in [2.24, 2.45) is 11.8 Å². The van der Waals surface area contributed by atoms with Crippen LogP contribution in [-0.4, -0.2) is 61.4 Å². The molecule has 0 spiro atoms. The second kappa shape index (κ2) is 5.26. The molecular weight excluding hydrogens is 230 g/mol. The SMILES string of the molecule is CC(C(=O)N1CCNCC1C(=O)N(C)C)C1CC1. The number of carbonyl (C=O) groups excluding carboxylic acids is 2. The molecule has 5 heteroatoms. The number of carbonyl (C=O) groups is 2. The molecule has 0 aromatic carbocycles. The fourth-order valence-corrected chi connectivity index (χ4v) is 2.55. The molecule has 0 bridgehead atoms. The number of hydrogen-bond donors (Lipinski definition) is 1. The van der Waals surface area contributed by atoms with Gasteiger partial charge in [-0.1, -0.05) is 6.92 Å². The fraction of sp³-hybridized carbons (Fsp3) is 0.846. The van der Waals surface area contributed by atoms with E-state index in [-0.39, 0.29) is 23.8 Å². The molecule has 2 unspecified atom stereocenters. The first-order chi connectivity index (χ1) is 8.52. The second-order valence-corrected chi connectivity index (χ2v) is 5.61. The van der Waals surface area contributed by atoms with E-state index in [9.17, 15) is 9.59 Å².